The van der Waals surface area contributed by atoms with Crippen molar-refractivity contribution in [2.45, 2.75) is 0 Å². The molecule has 7 nitrogen and oxygen atoms in total. The highest BCUT2D eigenvalue weighted by atomic mass is 32.2. The molecule has 3 aromatic heterocycles. The summed E-state index contributed by atoms with van der Waals surface area (Å²) in [6.07, 6.45) is 7.61. The van der Waals surface area contributed by atoms with E-state index in [1.54, 1.807) is 12.1 Å². The number of aromatic nitrogens is 4. The van der Waals surface area contributed by atoms with Crippen molar-refractivity contribution in [2.75, 3.05) is 0 Å². The molecular formula is C20H13N4O3S-. The molecule has 3 aromatic rings. The summed E-state index contributed by atoms with van der Waals surface area (Å²) in [4.78, 5) is 15.6. The summed E-state index contributed by atoms with van der Waals surface area (Å²) in [7, 11) is 0. The molecule has 0 aliphatic carbocycles. The standard InChI is InChI=1S/C20H14N4O3S/c25-28(26)27-20-11-18-9-16-4-3-14(22-16)7-12-1-2-13(21-12)8-15-5-6-17(23-15)10-19(20)24-18/h1-11,22,24H,(H,25,26)/p-1. The number of rotatable bonds is 2. The fraction of sp³-hybridized carbons (Fsp3) is 0. The number of aromatic amines is 2. The summed E-state index contributed by atoms with van der Waals surface area (Å²) >= 11 is -2.68. The Morgan fingerprint density at radius 2 is 1.36 bits per heavy atom. The lowest BCUT2D eigenvalue weighted by atomic mass is 10.3. The zero-order chi connectivity index (χ0) is 19.1. The van der Waals surface area contributed by atoms with E-state index >= 15 is 0 Å². The van der Waals surface area contributed by atoms with Crippen molar-refractivity contribution in [3.05, 3.63) is 65.2 Å². The van der Waals surface area contributed by atoms with Gasteiger partial charge in [0.2, 0.25) is 0 Å². The first-order valence-electron chi connectivity index (χ1n) is 8.47. The van der Waals surface area contributed by atoms with Gasteiger partial charge in [0.1, 0.15) is 11.4 Å². The van der Waals surface area contributed by atoms with Crippen LogP contribution in [-0.2, 0) is 11.4 Å². The minimum Gasteiger partial charge on any atom is -0.740 e. The Hall–Kier alpha value is -3.49. The third-order valence-corrected chi connectivity index (χ3v) is 4.60. The Labute approximate surface area is 162 Å². The monoisotopic (exact) mass is 389 g/mol. The first kappa shape index (κ1) is 16.7. The Bertz CT molecular complexity index is 1330. The van der Waals surface area contributed by atoms with Crippen LogP contribution in [0.2, 0.25) is 0 Å². The number of nitrogens with one attached hydrogen (secondary N) is 2. The lowest BCUT2D eigenvalue weighted by Gasteiger charge is -2.04. The van der Waals surface area contributed by atoms with Gasteiger partial charge in [-0.05, 0) is 60.7 Å². The van der Waals surface area contributed by atoms with Crippen LogP contribution in [0.4, 0.5) is 0 Å². The number of fused-ring (bicyclic) bond motifs is 8. The quantitative estimate of drug-likeness (QED) is 0.446. The maximum Gasteiger partial charge on any atom is 0.164 e. The molecule has 1 atom stereocenters. The molecule has 8 heteroatoms. The van der Waals surface area contributed by atoms with Gasteiger partial charge < -0.3 is 18.7 Å². The van der Waals surface area contributed by atoms with Crippen molar-refractivity contribution < 1.29 is 12.9 Å². The van der Waals surface area contributed by atoms with Crippen LogP contribution >= 0.6 is 0 Å². The second-order valence-corrected chi connectivity index (χ2v) is 6.90. The number of H-pyrrole nitrogens is 2. The third kappa shape index (κ3) is 3.38. The van der Waals surface area contributed by atoms with E-state index in [2.05, 4.69) is 19.9 Å². The second kappa shape index (κ2) is 6.59. The van der Waals surface area contributed by atoms with Gasteiger partial charge in [0.15, 0.2) is 5.75 Å². The van der Waals surface area contributed by atoms with E-state index in [1.165, 1.54) is 0 Å². The van der Waals surface area contributed by atoms with Gasteiger partial charge >= 0.3 is 0 Å². The second-order valence-electron chi connectivity index (χ2n) is 6.33. The maximum atomic E-state index is 11.0. The Kier molecular flexibility index (Phi) is 3.92. The van der Waals surface area contributed by atoms with Crippen LogP contribution in [0.25, 0.3) is 46.4 Å². The topological polar surface area (TPSA) is 107 Å². The molecule has 0 amide bonds. The van der Waals surface area contributed by atoms with Gasteiger partial charge in [-0.2, -0.15) is 0 Å². The average Bonchev–Trinajstić information content (AvgIpc) is 3.40. The fourth-order valence-corrected chi connectivity index (χ4v) is 3.42. The highest BCUT2D eigenvalue weighted by Gasteiger charge is 2.06. The van der Waals surface area contributed by atoms with Crippen molar-refractivity contribution in [2.24, 2.45) is 0 Å². The number of nitrogens with zero attached hydrogens (tertiary/aromatic N) is 2. The van der Waals surface area contributed by atoms with E-state index in [1.807, 2.05) is 54.6 Å². The summed E-state index contributed by atoms with van der Waals surface area (Å²) < 4.78 is 27.0. The predicted octanol–water partition coefficient (Wildman–Crippen LogP) is 3.83. The van der Waals surface area contributed by atoms with Crippen LogP contribution in [-0.4, -0.2) is 28.7 Å². The molecule has 138 valence electrons. The Morgan fingerprint density at radius 3 is 2.04 bits per heavy atom. The molecule has 1 unspecified atom stereocenters. The summed E-state index contributed by atoms with van der Waals surface area (Å²) in [5, 5.41) is 0. The average molecular weight is 389 g/mol. The van der Waals surface area contributed by atoms with Gasteiger partial charge in [0, 0.05) is 22.6 Å². The first-order chi connectivity index (χ1) is 13.6. The van der Waals surface area contributed by atoms with Crippen LogP contribution in [0.1, 0.15) is 22.8 Å². The molecule has 5 heterocycles. The largest absolute Gasteiger partial charge is 0.740 e. The fourth-order valence-electron chi connectivity index (χ4n) is 3.13. The molecule has 2 aliphatic heterocycles. The lowest BCUT2D eigenvalue weighted by Crippen LogP contribution is -1.96. The molecule has 8 bridgehead atoms. The molecule has 5 rings (SSSR count). The molecule has 0 saturated heterocycles. The number of hydrogen-bond donors (Lipinski definition) is 2. The Morgan fingerprint density at radius 1 is 0.750 bits per heavy atom. The maximum absolute atomic E-state index is 11.0. The smallest absolute Gasteiger partial charge is 0.164 e. The molecule has 2 N–H and O–H groups in total. The van der Waals surface area contributed by atoms with Crippen LogP contribution < -0.4 is 4.18 Å². The normalized spacial score (nSPS) is 13.6. The summed E-state index contributed by atoms with van der Waals surface area (Å²) in [5.41, 5.74) is 6.07. The minimum atomic E-state index is -2.68. The van der Waals surface area contributed by atoms with E-state index in [0.29, 0.717) is 16.7 Å². The SMILES string of the molecule is O=S([O-])Oc1cc2cc3ccc(cc4nc(cc5nc(cc1[nH]2)C=C5)C=C4)[nH]3. The molecule has 28 heavy (non-hydrogen) atoms. The van der Waals surface area contributed by atoms with Crippen molar-refractivity contribution in [1.29, 1.82) is 0 Å². The van der Waals surface area contributed by atoms with Gasteiger partial charge in [-0.1, -0.05) is 0 Å². The third-order valence-electron chi connectivity index (χ3n) is 4.29. The highest BCUT2D eigenvalue weighted by molar-refractivity contribution is 7.74. The van der Waals surface area contributed by atoms with Crippen molar-refractivity contribution in [1.82, 2.24) is 19.9 Å². The molecule has 0 radical (unpaired) electrons. The van der Waals surface area contributed by atoms with Gasteiger partial charge in [0.25, 0.3) is 0 Å². The summed E-state index contributed by atoms with van der Waals surface area (Å²) in [6, 6.07) is 13.0. The van der Waals surface area contributed by atoms with Gasteiger partial charge in [-0.15, -0.1) is 0 Å². The first-order valence-corrected chi connectivity index (χ1v) is 9.47. The van der Waals surface area contributed by atoms with E-state index in [-0.39, 0.29) is 5.75 Å². The Balaban J connectivity index is 1.83. The van der Waals surface area contributed by atoms with Gasteiger partial charge in [-0.25, -0.2) is 14.2 Å². The molecule has 0 saturated carbocycles. The predicted molar refractivity (Wildman–Crippen MR) is 108 cm³/mol. The van der Waals surface area contributed by atoms with Crippen molar-refractivity contribution >= 4 is 57.7 Å². The van der Waals surface area contributed by atoms with E-state index < -0.39 is 11.4 Å². The van der Waals surface area contributed by atoms with E-state index in [4.69, 9.17) is 4.18 Å². The van der Waals surface area contributed by atoms with E-state index in [0.717, 1.165) is 28.1 Å². The molecular weight excluding hydrogens is 376 g/mol. The molecule has 0 fully saturated rings. The van der Waals surface area contributed by atoms with Gasteiger partial charge in [0.05, 0.1) is 28.3 Å². The highest BCUT2D eigenvalue weighted by Crippen LogP contribution is 2.24. The number of hydrogen-bond acceptors (Lipinski definition) is 5. The summed E-state index contributed by atoms with van der Waals surface area (Å²) in [5.74, 6) is 0.206. The van der Waals surface area contributed by atoms with Gasteiger partial charge in [-0.3, -0.25) is 0 Å². The molecule has 2 aliphatic rings. The van der Waals surface area contributed by atoms with E-state index in [9.17, 15) is 8.76 Å². The molecule has 0 aromatic carbocycles. The van der Waals surface area contributed by atoms with Crippen LogP contribution in [0.3, 0.4) is 0 Å². The lowest BCUT2D eigenvalue weighted by molar-refractivity contribution is 0.442. The van der Waals surface area contributed by atoms with Crippen LogP contribution in [0.15, 0.2) is 42.5 Å². The zero-order valence-electron chi connectivity index (χ0n) is 14.4. The van der Waals surface area contributed by atoms with Crippen LogP contribution in [0.5, 0.6) is 5.75 Å². The van der Waals surface area contributed by atoms with Crippen LogP contribution in [0, 0.1) is 0 Å². The molecule has 0 spiro atoms. The van der Waals surface area contributed by atoms with Crippen molar-refractivity contribution in [3.8, 4) is 5.75 Å². The minimum absolute atomic E-state index is 0.206. The zero-order valence-corrected chi connectivity index (χ0v) is 15.2. The van der Waals surface area contributed by atoms with Crippen molar-refractivity contribution in [3.63, 3.8) is 0 Å². The summed E-state index contributed by atoms with van der Waals surface area (Å²) in [6.45, 7) is 0.